The Kier molecular flexibility index (Phi) is 4.63. The van der Waals surface area contributed by atoms with Gasteiger partial charge in [0.05, 0.1) is 5.69 Å². The molecular formula is C22H21Cl2N3. The highest BCUT2D eigenvalue weighted by molar-refractivity contribution is 6.36. The molecule has 3 nitrogen and oxygen atoms in total. The Morgan fingerprint density at radius 1 is 1.00 bits per heavy atom. The van der Waals surface area contributed by atoms with Gasteiger partial charge in [-0.3, -0.25) is 0 Å². The van der Waals surface area contributed by atoms with Gasteiger partial charge in [0.2, 0.25) is 0 Å². The maximum absolute atomic E-state index is 6.55. The van der Waals surface area contributed by atoms with Crippen LogP contribution in [0.2, 0.25) is 10.0 Å². The Bertz CT molecular complexity index is 1070. The fourth-order valence-electron chi connectivity index (χ4n) is 4.16. The number of aromatic nitrogens is 1. The van der Waals surface area contributed by atoms with Gasteiger partial charge < -0.3 is 11.5 Å². The standard InChI is InChI=1S/C22H21Cl2N3/c1-11-7-12(2)14-5-6-16-20(15-4-3-13(23)9-19(15)24)18(10-25)22(26)27-21(16)17(14)8-11/h3-4,7-9H,5-6,10,25H2,1-2H3,(H2,26,27). The third kappa shape index (κ3) is 3.00. The lowest BCUT2D eigenvalue weighted by atomic mass is 9.81. The lowest BCUT2D eigenvalue weighted by Crippen LogP contribution is -2.15. The van der Waals surface area contributed by atoms with Gasteiger partial charge in [-0.1, -0.05) is 40.9 Å². The summed E-state index contributed by atoms with van der Waals surface area (Å²) in [5.74, 6) is 0.462. The van der Waals surface area contributed by atoms with Crippen molar-refractivity contribution in [1.29, 1.82) is 0 Å². The van der Waals surface area contributed by atoms with Gasteiger partial charge in [0.15, 0.2) is 0 Å². The van der Waals surface area contributed by atoms with Crippen LogP contribution in [0.25, 0.3) is 22.4 Å². The molecule has 0 saturated carbocycles. The van der Waals surface area contributed by atoms with Crippen LogP contribution in [0.1, 0.15) is 27.8 Å². The first-order chi connectivity index (χ1) is 12.9. The highest BCUT2D eigenvalue weighted by Crippen LogP contribution is 2.44. The zero-order chi connectivity index (χ0) is 19.3. The van der Waals surface area contributed by atoms with E-state index in [-0.39, 0.29) is 0 Å². The summed E-state index contributed by atoms with van der Waals surface area (Å²) in [7, 11) is 0. The van der Waals surface area contributed by atoms with E-state index in [1.807, 2.05) is 12.1 Å². The predicted octanol–water partition coefficient (Wildman–Crippen LogP) is 5.48. The number of fused-ring (bicyclic) bond motifs is 3. The number of hydrogen-bond donors (Lipinski definition) is 2. The van der Waals surface area contributed by atoms with Gasteiger partial charge >= 0.3 is 0 Å². The van der Waals surface area contributed by atoms with E-state index in [1.54, 1.807) is 6.07 Å². The summed E-state index contributed by atoms with van der Waals surface area (Å²) in [6, 6.07) is 9.96. The Morgan fingerprint density at radius 2 is 1.74 bits per heavy atom. The van der Waals surface area contributed by atoms with Crippen molar-refractivity contribution in [2.75, 3.05) is 5.73 Å². The zero-order valence-electron chi connectivity index (χ0n) is 15.4. The highest BCUT2D eigenvalue weighted by Gasteiger charge is 2.26. The number of nitrogens with two attached hydrogens (primary N) is 2. The molecule has 138 valence electrons. The number of benzene rings is 2. The largest absolute Gasteiger partial charge is 0.383 e. The minimum absolute atomic E-state index is 0.306. The van der Waals surface area contributed by atoms with Crippen LogP contribution in [0.15, 0.2) is 30.3 Å². The average Bonchev–Trinajstić information content (AvgIpc) is 2.61. The molecule has 0 atom stereocenters. The number of rotatable bonds is 2. The molecule has 0 bridgehead atoms. The van der Waals surface area contributed by atoms with Crippen molar-refractivity contribution in [2.45, 2.75) is 33.2 Å². The van der Waals surface area contributed by atoms with Crippen LogP contribution in [0.3, 0.4) is 0 Å². The van der Waals surface area contributed by atoms with Gasteiger partial charge in [0.25, 0.3) is 0 Å². The summed E-state index contributed by atoms with van der Waals surface area (Å²) in [6.45, 7) is 4.57. The molecule has 4 rings (SSSR count). The molecule has 0 spiro atoms. The number of halogens is 2. The Hall–Kier alpha value is -2.07. The van der Waals surface area contributed by atoms with Crippen LogP contribution in [-0.4, -0.2) is 4.98 Å². The van der Waals surface area contributed by atoms with Crippen LogP contribution in [0.4, 0.5) is 5.82 Å². The molecule has 1 heterocycles. The van der Waals surface area contributed by atoms with E-state index in [0.717, 1.165) is 46.4 Å². The smallest absolute Gasteiger partial charge is 0.129 e. The van der Waals surface area contributed by atoms with E-state index in [0.29, 0.717) is 22.4 Å². The van der Waals surface area contributed by atoms with Crippen molar-refractivity contribution in [3.63, 3.8) is 0 Å². The number of pyridine rings is 1. The minimum Gasteiger partial charge on any atom is -0.383 e. The molecule has 3 aromatic rings. The first-order valence-electron chi connectivity index (χ1n) is 8.98. The maximum Gasteiger partial charge on any atom is 0.129 e. The average molecular weight is 398 g/mol. The molecule has 1 aromatic heterocycles. The van der Waals surface area contributed by atoms with Crippen LogP contribution >= 0.6 is 23.2 Å². The first-order valence-corrected chi connectivity index (χ1v) is 9.73. The number of nitrogen functional groups attached to an aromatic ring is 1. The maximum atomic E-state index is 6.55. The van der Waals surface area contributed by atoms with Crippen molar-refractivity contribution in [1.82, 2.24) is 4.98 Å². The molecule has 2 aromatic carbocycles. The molecule has 1 aliphatic rings. The topological polar surface area (TPSA) is 64.9 Å². The van der Waals surface area contributed by atoms with Crippen LogP contribution in [0.5, 0.6) is 0 Å². The molecule has 0 saturated heterocycles. The number of aryl methyl sites for hydroxylation is 2. The van der Waals surface area contributed by atoms with Gasteiger partial charge in [-0.05, 0) is 67.1 Å². The van der Waals surface area contributed by atoms with E-state index < -0.39 is 0 Å². The summed E-state index contributed by atoms with van der Waals surface area (Å²) in [5.41, 5.74) is 22.3. The minimum atomic E-state index is 0.306. The molecule has 1 aliphatic carbocycles. The van der Waals surface area contributed by atoms with Crippen molar-refractivity contribution in [3.05, 3.63) is 68.2 Å². The van der Waals surface area contributed by atoms with Crippen LogP contribution in [-0.2, 0) is 19.4 Å². The fourth-order valence-corrected chi connectivity index (χ4v) is 4.67. The normalized spacial score (nSPS) is 12.6. The van der Waals surface area contributed by atoms with E-state index in [4.69, 9.17) is 39.7 Å². The first kappa shape index (κ1) is 18.3. The van der Waals surface area contributed by atoms with Gasteiger partial charge in [0, 0.05) is 33.3 Å². The number of hydrogen-bond acceptors (Lipinski definition) is 3. The molecule has 0 radical (unpaired) electrons. The van der Waals surface area contributed by atoms with E-state index >= 15 is 0 Å². The zero-order valence-corrected chi connectivity index (χ0v) is 16.9. The molecule has 0 unspecified atom stereocenters. The van der Waals surface area contributed by atoms with Crippen molar-refractivity contribution in [3.8, 4) is 22.4 Å². The lowest BCUT2D eigenvalue weighted by molar-refractivity contribution is 0.909. The number of nitrogens with zero attached hydrogens (tertiary/aromatic N) is 1. The summed E-state index contributed by atoms with van der Waals surface area (Å²) in [6.07, 6.45) is 1.84. The SMILES string of the molecule is Cc1cc(C)c2c(c1)-c1nc(N)c(CN)c(-c3ccc(Cl)cc3Cl)c1CC2. The summed E-state index contributed by atoms with van der Waals surface area (Å²) < 4.78 is 0. The van der Waals surface area contributed by atoms with Crippen LogP contribution < -0.4 is 11.5 Å². The second-order valence-corrected chi connectivity index (χ2v) is 7.96. The van der Waals surface area contributed by atoms with Gasteiger partial charge in [-0.15, -0.1) is 0 Å². The second kappa shape index (κ2) is 6.83. The van der Waals surface area contributed by atoms with E-state index in [2.05, 4.69) is 26.0 Å². The van der Waals surface area contributed by atoms with E-state index in [1.165, 1.54) is 16.7 Å². The van der Waals surface area contributed by atoms with Gasteiger partial charge in [-0.25, -0.2) is 4.98 Å². The molecule has 0 amide bonds. The van der Waals surface area contributed by atoms with Crippen molar-refractivity contribution >= 4 is 29.0 Å². The molecule has 0 aliphatic heterocycles. The van der Waals surface area contributed by atoms with Crippen LogP contribution in [0, 0.1) is 13.8 Å². The van der Waals surface area contributed by atoms with Gasteiger partial charge in [-0.2, -0.15) is 0 Å². The summed E-state index contributed by atoms with van der Waals surface area (Å²) >= 11 is 12.7. The molecular weight excluding hydrogens is 377 g/mol. The summed E-state index contributed by atoms with van der Waals surface area (Å²) in [5, 5.41) is 1.20. The van der Waals surface area contributed by atoms with Gasteiger partial charge in [0.1, 0.15) is 5.82 Å². The number of anilines is 1. The Labute approximate surface area is 169 Å². The highest BCUT2D eigenvalue weighted by atomic mass is 35.5. The lowest BCUT2D eigenvalue weighted by Gasteiger charge is -2.26. The van der Waals surface area contributed by atoms with Crippen molar-refractivity contribution in [2.24, 2.45) is 5.73 Å². The molecule has 5 heteroatoms. The Balaban J connectivity index is 2.08. The predicted molar refractivity (Wildman–Crippen MR) is 114 cm³/mol. The molecule has 4 N–H and O–H groups in total. The summed E-state index contributed by atoms with van der Waals surface area (Å²) in [4.78, 5) is 4.77. The molecule has 0 fully saturated rings. The monoisotopic (exact) mass is 397 g/mol. The van der Waals surface area contributed by atoms with Crippen molar-refractivity contribution < 1.29 is 0 Å². The molecule has 27 heavy (non-hydrogen) atoms. The second-order valence-electron chi connectivity index (χ2n) is 7.11. The third-order valence-corrected chi connectivity index (χ3v) is 5.88. The van der Waals surface area contributed by atoms with E-state index in [9.17, 15) is 0 Å². The fraction of sp³-hybridized carbons (Fsp3) is 0.227. The Morgan fingerprint density at radius 3 is 2.44 bits per heavy atom. The third-order valence-electron chi connectivity index (χ3n) is 5.33. The quantitative estimate of drug-likeness (QED) is 0.601.